The van der Waals surface area contributed by atoms with Crippen LogP contribution in [0.1, 0.15) is 21.3 Å². The first-order valence-corrected chi connectivity index (χ1v) is 9.25. The number of hydrogen-bond acceptors (Lipinski definition) is 6. The fraction of sp³-hybridized carbons (Fsp3) is 0.150. The van der Waals surface area contributed by atoms with Gasteiger partial charge in [0.15, 0.2) is 0 Å². The SMILES string of the molecule is COc1cc(-c2ccccc2)sc1C(=O)NC[C@H](O)c1ccc([N+](=O)[O-])cc1. The molecule has 2 N–H and O–H groups in total. The van der Waals surface area contributed by atoms with Crippen LogP contribution in [0.4, 0.5) is 5.69 Å². The van der Waals surface area contributed by atoms with E-state index in [2.05, 4.69) is 5.32 Å². The molecule has 0 radical (unpaired) electrons. The number of benzene rings is 2. The van der Waals surface area contributed by atoms with Crippen LogP contribution in [0.5, 0.6) is 5.75 Å². The number of rotatable bonds is 7. The summed E-state index contributed by atoms with van der Waals surface area (Å²) in [5.41, 5.74) is 1.40. The van der Waals surface area contributed by atoms with Crippen molar-refractivity contribution in [2.45, 2.75) is 6.10 Å². The Kier molecular flexibility index (Phi) is 6.03. The van der Waals surface area contributed by atoms with Crippen LogP contribution in [0.15, 0.2) is 60.7 Å². The predicted molar refractivity (Wildman–Crippen MR) is 107 cm³/mol. The molecule has 28 heavy (non-hydrogen) atoms. The highest BCUT2D eigenvalue weighted by atomic mass is 32.1. The van der Waals surface area contributed by atoms with Crippen LogP contribution in [0.25, 0.3) is 10.4 Å². The van der Waals surface area contributed by atoms with Crippen molar-refractivity contribution in [1.29, 1.82) is 0 Å². The van der Waals surface area contributed by atoms with Crippen molar-refractivity contribution in [2.24, 2.45) is 0 Å². The van der Waals surface area contributed by atoms with Crippen LogP contribution in [0.2, 0.25) is 0 Å². The molecule has 144 valence electrons. The molecule has 1 amide bonds. The zero-order valence-electron chi connectivity index (χ0n) is 15.0. The van der Waals surface area contributed by atoms with Crippen molar-refractivity contribution in [1.82, 2.24) is 5.32 Å². The lowest BCUT2D eigenvalue weighted by molar-refractivity contribution is -0.384. The van der Waals surface area contributed by atoms with Crippen molar-refractivity contribution in [3.05, 3.63) is 81.2 Å². The average Bonchev–Trinajstić information content (AvgIpc) is 3.17. The van der Waals surface area contributed by atoms with Gasteiger partial charge >= 0.3 is 0 Å². The average molecular weight is 398 g/mol. The summed E-state index contributed by atoms with van der Waals surface area (Å²) in [4.78, 5) is 24.1. The first-order chi connectivity index (χ1) is 13.5. The number of carbonyl (C=O) groups is 1. The third-order valence-corrected chi connectivity index (χ3v) is 5.29. The zero-order chi connectivity index (χ0) is 20.1. The van der Waals surface area contributed by atoms with E-state index in [0.29, 0.717) is 16.2 Å². The van der Waals surface area contributed by atoms with Crippen molar-refractivity contribution < 1.29 is 19.6 Å². The smallest absolute Gasteiger partial charge is 0.269 e. The van der Waals surface area contributed by atoms with Gasteiger partial charge in [0.1, 0.15) is 10.6 Å². The number of nitrogens with zero attached hydrogens (tertiary/aromatic N) is 1. The van der Waals surface area contributed by atoms with Gasteiger partial charge in [-0.2, -0.15) is 0 Å². The lowest BCUT2D eigenvalue weighted by atomic mass is 10.1. The number of nitrogens with one attached hydrogen (secondary N) is 1. The largest absolute Gasteiger partial charge is 0.495 e. The summed E-state index contributed by atoms with van der Waals surface area (Å²) >= 11 is 1.30. The number of aliphatic hydroxyl groups is 1. The number of hydrogen-bond donors (Lipinski definition) is 2. The minimum absolute atomic E-state index is 0.0294. The number of nitro groups is 1. The molecular formula is C20H18N2O5S. The third kappa shape index (κ3) is 4.36. The lowest BCUT2D eigenvalue weighted by Crippen LogP contribution is -2.28. The number of amides is 1. The summed E-state index contributed by atoms with van der Waals surface area (Å²) < 4.78 is 5.32. The predicted octanol–water partition coefficient (Wildman–Crippen LogP) is 3.80. The number of carbonyl (C=O) groups excluding carboxylic acids is 1. The second kappa shape index (κ2) is 8.64. The standard InChI is InChI=1S/C20H18N2O5S/c1-27-17-11-18(14-5-3-2-4-6-14)28-19(17)20(24)21-12-16(23)13-7-9-15(10-8-13)22(25)26/h2-11,16,23H,12H2,1H3,(H,21,24)/t16-/m0/s1. The second-order valence-electron chi connectivity index (χ2n) is 5.95. The Labute approximate surface area is 165 Å². The first-order valence-electron chi connectivity index (χ1n) is 8.43. The molecule has 3 rings (SSSR count). The summed E-state index contributed by atoms with van der Waals surface area (Å²) in [5, 5.41) is 23.6. The molecule has 3 aromatic rings. The minimum atomic E-state index is -0.982. The third-order valence-electron chi connectivity index (χ3n) is 4.13. The van der Waals surface area contributed by atoms with E-state index in [1.54, 1.807) is 0 Å². The number of non-ortho nitro benzene ring substituents is 1. The minimum Gasteiger partial charge on any atom is -0.495 e. The van der Waals surface area contributed by atoms with Crippen LogP contribution < -0.4 is 10.1 Å². The Morgan fingerprint density at radius 3 is 2.50 bits per heavy atom. The van der Waals surface area contributed by atoms with Gasteiger partial charge in [0, 0.05) is 23.6 Å². The van der Waals surface area contributed by atoms with Gasteiger partial charge in [-0.3, -0.25) is 14.9 Å². The number of nitro benzene ring substituents is 1. The number of aliphatic hydroxyl groups excluding tert-OH is 1. The molecule has 1 heterocycles. The van der Waals surface area contributed by atoms with Crippen LogP contribution in [0, 0.1) is 10.1 Å². The van der Waals surface area contributed by atoms with Crippen LogP contribution in [0.3, 0.4) is 0 Å². The molecule has 0 aliphatic carbocycles. The van der Waals surface area contributed by atoms with E-state index in [4.69, 9.17) is 4.74 Å². The van der Waals surface area contributed by atoms with Crippen LogP contribution >= 0.6 is 11.3 Å². The Bertz CT molecular complexity index is 970. The monoisotopic (exact) mass is 398 g/mol. The van der Waals surface area contributed by atoms with Crippen molar-refractivity contribution >= 4 is 22.9 Å². The molecule has 1 aromatic heterocycles. The van der Waals surface area contributed by atoms with E-state index in [1.807, 2.05) is 36.4 Å². The van der Waals surface area contributed by atoms with E-state index < -0.39 is 11.0 Å². The first kappa shape index (κ1) is 19.5. The molecule has 2 aromatic carbocycles. The van der Waals surface area contributed by atoms with Gasteiger partial charge in [-0.05, 0) is 29.3 Å². The molecule has 0 saturated carbocycles. The highest BCUT2D eigenvalue weighted by Crippen LogP contribution is 2.36. The maximum atomic E-state index is 12.6. The highest BCUT2D eigenvalue weighted by Gasteiger charge is 2.19. The van der Waals surface area contributed by atoms with E-state index in [0.717, 1.165) is 10.4 Å². The Hall–Kier alpha value is -3.23. The van der Waals surface area contributed by atoms with Gasteiger partial charge in [0.05, 0.1) is 18.1 Å². The molecule has 7 nitrogen and oxygen atoms in total. The Morgan fingerprint density at radius 2 is 1.89 bits per heavy atom. The summed E-state index contributed by atoms with van der Waals surface area (Å²) in [5.74, 6) is 0.108. The van der Waals surface area contributed by atoms with Crippen molar-refractivity contribution in [3.63, 3.8) is 0 Å². The van der Waals surface area contributed by atoms with Crippen molar-refractivity contribution in [2.75, 3.05) is 13.7 Å². The summed E-state index contributed by atoms with van der Waals surface area (Å²) in [6, 6.07) is 17.0. The van der Waals surface area contributed by atoms with E-state index >= 15 is 0 Å². The normalized spacial score (nSPS) is 11.6. The summed E-state index contributed by atoms with van der Waals surface area (Å²) in [6.45, 7) is -0.0294. The van der Waals surface area contributed by atoms with E-state index in [-0.39, 0.29) is 18.1 Å². The molecule has 0 saturated heterocycles. The summed E-state index contributed by atoms with van der Waals surface area (Å²) in [7, 11) is 1.50. The van der Waals surface area contributed by atoms with Gasteiger partial charge in [0.25, 0.3) is 11.6 Å². The number of ether oxygens (including phenoxy) is 1. The van der Waals surface area contributed by atoms with E-state index in [1.165, 1.54) is 42.7 Å². The van der Waals surface area contributed by atoms with Crippen molar-refractivity contribution in [3.8, 4) is 16.2 Å². The maximum absolute atomic E-state index is 12.6. The lowest BCUT2D eigenvalue weighted by Gasteiger charge is -2.12. The second-order valence-corrected chi connectivity index (χ2v) is 7.00. The van der Waals surface area contributed by atoms with Crippen LogP contribution in [-0.4, -0.2) is 29.6 Å². The summed E-state index contributed by atoms with van der Waals surface area (Å²) in [6.07, 6.45) is -0.982. The molecule has 8 heteroatoms. The maximum Gasteiger partial charge on any atom is 0.269 e. The topological polar surface area (TPSA) is 102 Å². The Morgan fingerprint density at radius 1 is 1.21 bits per heavy atom. The molecule has 0 aliphatic rings. The van der Waals surface area contributed by atoms with Crippen LogP contribution in [-0.2, 0) is 0 Å². The van der Waals surface area contributed by atoms with Gasteiger partial charge < -0.3 is 15.2 Å². The zero-order valence-corrected chi connectivity index (χ0v) is 15.8. The molecule has 0 aliphatic heterocycles. The quantitative estimate of drug-likeness (QED) is 0.466. The molecular weight excluding hydrogens is 380 g/mol. The van der Waals surface area contributed by atoms with E-state index in [9.17, 15) is 20.0 Å². The molecule has 0 unspecified atom stereocenters. The highest BCUT2D eigenvalue weighted by molar-refractivity contribution is 7.17. The molecule has 1 atom stereocenters. The molecule has 0 bridgehead atoms. The van der Waals surface area contributed by atoms with Gasteiger partial charge in [0.2, 0.25) is 0 Å². The fourth-order valence-corrected chi connectivity index (χ4v) is 3.68. The molecule has 0 spiro atoms. The number of thiophene rings is 1. The number of methoxy groups -OCH3 is 1. The van der Waals surface area contributed by atoms with Gasteiger partial charge in [-0.1, -0.05) is 30.3 Å². The van der Waals surface area contributed by atoms with Gasteiger partial charge in [-0.25, -0.2) is 0 Å². The Balaban J connectivity index is 1.69. The molecule has 0 fully saturated rings. The fourth-order valence-electron chi connectivity index (χ4n) is 2.63. The van der Waals surface area contributed by atoms with Gasteiger partial charge in [-0.15, -0.1) is 11.3 Å².